The number of piperidine rings is 1. The van der Waals surface area contributed by atoms with E-state index in [1.807, 2.05) is 36.9 Å². The molecule has 1 fully saturated rings. The number of nitro benzene ring substituents is 1. The van der Waals surface area contributed by atoms with Crippen LogP contribution in [0.15, 0.2) is 42.5 Å². The SMILES string of the molecule is Cc1ccc(OC(=O)C2CCN(c3ccccc3[N+](=O)[O-])CC2)c(C)c1. The van der Waals surface area contributed by atoms with Crippen molar-refractivity contribution in [3.63, 3.8) is 0 Å². The first kappa shape index (κ1) is 17.9. The molecule has 0 aromatic heterocycles. The van der Waals surface area contributed by atoms with E-state index in [1.54, 1.807) is 18.2 Å². The summed E-state index contributed by atoms with van der Waals surface area (Å²) in [4.78, 5) is 25.3. The molecule has 6 heteroatoms. The summed E-state index contributed by atoms with van der Waals surface area (Å²) >= 11 is 0. The Morgan fingerprint density at radius 3 is 2.50 bits per heavy atom. The van der Waals surface area contributed by atoms with Gasteiger partial charge in [-0.25, -0.2) is 0 Å². The molecule has 1 saturated heterocycles. The minimum Gasteiger partial charge on any atom is -0.426 e. The quantitative estimate of drug-likeness (QED) is 0.359. The second-order valence-corrected chi connectivity index (χ2v) is 6.70. The molecule has 0 saturated carbocycles. The number of hydrogen-bond donors (Lipinski definition) is 0. The normalized spacial score (nSPS) is 14.9. The lowest BCUT2D eigenvalue weighted by Gasteiger charge is -2.32. The highest BCUT2D eigenvalue weighted by molar-refractivity contribution is 5.76. The molecule has 0 N–H and O–H groups in total. The molecule has 0 spiro atoms. The van der Waals surface area contributed by atoms with E-state index in [2.05, 4.69) is 0 Å². The molecule has 3 rings (SSSR count). The average molecular weight is 354 g/mol. The standard InChI is InChI=1S/C20H22N2O4/c1-14-7-8-19(15(2)13-14)26-20(23)16-9-11-21(12-10-16)17-5-3-4-6-18(17)22(24)25/h3-8,13,16H,9-12H2,1-2H3. The number of nitrogens with zero attached hydrogens (tertiary/aromatic N) is 2. The number of hydrogen-bond acceptors (Lipinski definition) is 5. The zero-order valence-corrected chi connectivity index (χ0v) is 15.0. The van der Waals surface area contributed by atoms with Crippen LogP contribution < -0.4 is 9.64 Å². The van der Waals surface area contributed by atoms with Crippen molar-refractivity contribution < 1.29 is 14.5 Å². The number of esters is 1. The Morgan fingerprint density at radius 2 is 1.85 bits per heavy atom. The maximum absolute atomic E-state index is 12.5. The summed E-state index contributed by atoms with van der Waals surface area (Å²) in [6.45, 7) is 5.11. The molecular formula is C20H22N2O4. The number of para-hydroxylation sites is 2. The number of rotatable bonds is 4. The molecule has 2 aromatic rings. The van der Waals surface area contributed by atoms with Crippen molar-refractivity contribution in [2.75, 3.05) is 18.0 Å². The third-order valence-corrected chi connectivity index (χ3v) is 4.79. The van der Waals surface area contributed by atoms with Crippen molar-refractivity contribution >= 4 is 17.3 Å². The second-order valence-electron chi connectivity index (χ2n) is 6.70. The lowest BCUT2D eigenvalue weighted by atomic mass is 9.96. The van der Waals surface area contributed by atoms with Crippen LogP contribution in [0.5, 0.6) is 5.75 Å². The summed E-state index contributed by atoms with van der Waals surface area (Å²) in [5, 5.41) is 11.2. The van der Waals surface area contributed by atoms with Crippen molar-refractivity contribution in [2.45, 2.75) is 26.7 Å². The predicted octanol–water partition coefficient (Wildman–Crippen LogP) is 4.03. The van der Waals surface area contributed by atoms with E-state index >= 15 is 0 Å². The summed E-state index contributed by atoms with van der Waals surface area (Å²) in [6, 6.07) is 12.5. The summed E-state index contributed by atoms with van der Waals surface area (Å²) in [7, 11) is 0. The number of nitro groups is 1. The van der Waals surface area contributed by atoms with Crippen molar-refractivity contribution in [1.29, 1.82) is 0 Å². The Labute approximate surface area is 152 Å². The van der Waals surface area contributed by atoms with E-state index in [-0.39, 0.29) is 22.5 Å². The molecule has 1 heterocycles. The average Bonchev–Trinajstić information content (AvgIpc) is 2.64. The fourth-order valence-corrected chi connectivity index (χ4v) is 3.35. The fraction of sp³-hybridized carbons (Fsp3) is 0.350. The molecule has 136 valence electrons. The van der Waals surface area contributed by atoms with Crippen LogP contribution in [0, 0.1) is 29.9 Å². The number of ether oxygens (including phenoxy) is 1. The van der Waals surface area contributed by atoms with Gasteiger partial charge in [0.15, 0.2) is 0 Å². The zero-order valence-electron chi connectivity index (χ0n) is 15.0. The second kappa shape index (κ2) is 7.56. The van der Waals surface area contributed by atoms with Crippen molar-refractivity contribution in [2.24, 2.45) is 5.92 Å². The lowest BCUT2D eigenvalue weighted by molar-refractivity contribution is -0.384. The molecule has 1 aliphatic heterocycles. The van der Waals surface area contributed by atoms with Gasteiger partial charge in [0.2, 0.25) is 0 Å². The van der Waals surface area contributed by atoms with Gasteiger partial charge in [-0.2, -0.15) is 0 Å². The Balaban J connectivity index is 1.63. The molecule has 2 aromatic carbocycles. The zero-order chi connectivity index (χ0) is 18.7. The van der Waals surface area contributed by atoms with Gasteiger partial charge in [-0.15, -0.1) is 0 Å². The largest absolute Gasteiger partial charge is 0.426 e. The van der Waals surface area contributed by atoms with E-state index in [1.165, 1.54) is 6.07 Å². The van der Waals surface area contributed by atoms with Gasteiger partial charge in [0.25, 0.3) is 5.69 Å². The van der Waals surface area contributed by atoms with E-state index < -0.39 is 0 Å². The third-order valence-electron chi connectivity index (χ3n) is 4.79. The third kappa shape index (κ3) is 3.85. The van der Waals surface area contributed by atoms with Crippen molar-refractivity contribution in [3.8, 4) is 5.75 Å². The molecule has 0 atom stereocenters. The topological polar surface area (TPSA) is 72.7 Å². The summed E-state index contributed by atoms with van der Waals surface area (Å²) in [5.41, 5.74) is 2.78. The maximum atomic E-state index is 12.5. The van der Waals surface area contributed by atoms with Gasteiger partial charge in [-0.05, 0) is 44.4 Å². The van der Waals surface area contributed by atoms with Gasteiger partial charge in [0, 0.05) is 19.2 Å². The highest BCUT2D eigenvalue weighted by Crippen LogP contribution is 2.31. The van der Waals surface area contributed by atoms with E-state index in [4.69, 9.17) is 4.74 Å². The summed E-state index contributed by atoms with van der Waals surface area (Å²) in [6.07, 6.45) is 1.24. The van der Waals surface area contributed by atoms with E-state index in [9.17, 15) is 14.9 Å². The van der Waals surface area contributed by atoms with E-state index in [0.717, 1.165) is 11.1 Å². The van der Waals surface area contributed by atoms with Gasteiger partial charge in [-0.3, -0.25) is 14.9 Å². The Morgan fingerprint density at radius 1 is 1.15 bits per heavy atom. The number of anilines is 1. The van der Waals surface area contributed by atoms with Crippen LogP contribution >= 0.6 is 0 Å². The number of aryl methyl sites for hydroxylation is 2. The van der Waals surface area contributed by atoms with Crippen molar-refractivity contribution in [1.82, 2.24) is 0 Å². The minimum atomic E-state index is -0.365. The maximum Gasteiger partial charge on any atom is 0.314 e. The molecule has 0 amide bonds. The Hall–Kier alpha value is -2.89. The molecule has 0 bridgehead atoms. The first-order valence-electron chi connectivity index (χ1n) is 8.73. The predicted molar refractivity (Wildman–Crippen MR) is 99.6 cm³/mol. The lowest BCUT2D eigenvalue weighted by Crippen LogP contribution is -2.38. The van der Waals surface area contributed by atoms with Crippen LogP contribution in [0.1, 0.15) is 24.0 Å². The molecule has 26 heavy (non-hydrogen) atoms. The molecular weight excluding hydrogens is 332 g/mol. The van der Waals surface area contributed by atoms with Gasteiger partial charge in [0.1, 0.15) is 11.4 Å². The van der Waals surface area contributed by atoms with Crippen LogP contribution in [0.25, 0.3) is 0 Å². The van der Waals surface area contributed by atoms with Gasteiger partial charge in [0.05, 0.1) is 10.8 Å². The first-order chi connectivity index (χ1) is 12.5. The van der Waals surface area contributed by atoms with Crippen molar-refractivity contribution in [3.05, 3.63) is 63.7 Å². The van der Waals surface area contributed by atoms with Crippen LogP contribution in [-0.2, 0) is 4.79 Å². The van der Waals surface area contributed by atoms with Crippen LogP contribution in [0.3, 0.4) is 0 Å². The van der Waals surface area contributed by atoms with Gasteiger partial charge >= 0.3 is 5.97 Å². The number of carbonyl (C=O) groups is 1. The highest BCUT2D eigenvalue weighted by Gasteiger charge is 2.29. The Bertz CT molecular complexity index is 826. The van der Waals surface area contributed by atoms with Gasteiger partial charge < -0.3 is 9.64 Å². The Kier molecular flexibility index (Phi) is 5.21. The monoisotopic (exact) mass is 354 g/mol. The summed E-state index contributed by atoms with van der Waals surface area (Å²) < 4.78 is 5.58. The van der Waals surface area contributed by atoms with Crippen LogP contribution in [0.2, 0.25) is 0 Å². The smallest absolute Gasteiger partial charge is 0.314 e. The molecule has 0 radical (unpaired) electrons. The molecule has 6 nitrogen and oxygen atoms in total. The molecule has 0 unspecified atom stereocenters. The minimum absolute atomic E-state index is 0.101. The molecule has 1 aliphatic rings. The van der Waals surface area contributed by atoms with Crippen LogP contribution in [-0.4, -0.2) is 24.0 Å². The molecule has 0 aliphatic carbocycles. The summed E-state index contributed by atoms with van der Waals surface area (Å²) in [5.74, 6) is 0.190. The van der Waals surface area contributed by atoms with Crippen LogP contribution in [0.4, 0.5) is 11.4 Å². The first-order valence-corrected chi connectivity index (χ1v) is 8.73. The number of benzene rings is 2. The fourth-order valence-electron chi connectivity index (χ4n) is 3.35. The highest BCUT2D eigenvalue weighted by atomic mass is 16.6. The van der Waals surface area contributed by atoms with E-state index in [0.29, 0.717) is 37.4 Å². The van der Waals surface area contributed by atoms with Gasteiger partial charge in [-0.1, -0.05) is 29.8 Å². The number of carbonyl (C=O) groups excluding carboxylic acids is 1.